The van der Waals surface area contributed by atoms with Crippen LogP contribution in [0.4, 0.5) is 0 Å². The Morgan fingerprint density at radius 2 is 1.61 bits per heavy atom. The second-order valence-electron chi connectivity index (χ2n) is 7.39. The fraction of sp³-hybridized carbons (Fsp3) is 0.391. The smallest absolute Gasteiger partial charge is 0.226 e. The monoisotopic (exact) mass is 382 g/mol. The summed E-state index contributed by atoms with van der Waals surface area (Å²) in [6.07, 6.45) is 0.907. The molecule has 0 spiro atoms. The Kier molecular flexibility index (Phi) is 8.05. The first-order chi connectivity index (χ1) is 13.4. The molecule has 28 heavy (non-hydrogen) atoms. The fourth-order valence-corrected chi connectivity index (χ4v) is 2.59. The number of carbonyl (C=O) groups is 2. The average Bonchev–Trinajstić information content (AvgIpc) is 2.72. The van der Waals surface area contributed by atoms with E-state index < -0.39 is 5.41 Å². The van der Waals surface area contributed by atoms with Gasteiger partial charge in [0.25, 0.3) is 0 Å². The third-order valence-electron chi connectivity index (χ3n) is 4.83. The summed E-state index contributed by atoms with van der Waals surface area (Å²) in [6, 6.07) is 18.7. The molecule has 2 amide bonds. The summed E-state index contributed by atoms with van der Waals surface area (Å²) < 4.78 is 5.59. The minimum Gasteiger partial charge on any atom is -0.492 e. The summed E-state index contributed by atoms with van der Waals surface area (Å²) in [5.41, 5.74) is 0.436. The molecule has 1 atom stereocenters. The minimum absolute atomic E-state index is 0.0518. The van der Waals surface area contributed by atoms with Crippen LogP contribution in [0.2, 0.25) is 0 Å². The molecule has 0 radical (unpaired) electrons. The summed E-state index contributed by atoms with van der Waals surface area (Å²) in [4.78, 5) is 25.0. The number of carbonyl (C=O) groups excluding carboxylic acids is 2. The number of ether oxygens (including phenoxy) is 1. The van der Waals surface area contributed by atoms with Gasteiger partial charge >= 0.3 is 0 Å². The molecule has 5 nitrogen and oxygen atoms in total. The maximum atomic E-state index is 12.6. The van der Waals surface area contributed by atoms with Crippen LogP contribution in [0.25, 0.3) is 0 Å². The van der Waals surface area contributed by atoms with Crippen molar-refractivity contribution >= 4 is 11.8 Å². The first-order valence-electron chi connectivity index (χ1n) is 9.73. The van der Waals surface area contributed by atoms with Gasteiger partial charge in [0.15, 0.2) is 0 Å². The lowest BCUT2D eigenvalue weighted by atomic mass is 9.88. The van der Waals surface area contributed by atoms with Crippen molar-refractivity contribution in [2.45, 2.75) is 39.7 Å². The molecular formula is C23H30N2O3. The van der Waals surface area contributed by atoms with E-state index in [4.69, 9.17) is 4.74 Å². The number of benzene rings is 2. The van der Waals surface area contributed by atoms with Crippen molar-refractivity contribution in [3.8, 4) is 5.75 Å². The Balaban J connectivity index is 1.90. The average molecular weight is 383 g/mol. The molecule has 1 unspecified atom stereocenters. The lowest BCUT2D eigenvalue weighted by Crippen LogP contribution is -2.41. The van der Waals surface area contributed by atoms with Crippen molar-refractivity contribution in [2.24, 2.45) is 5.41 Å². The molecule has 0 aliphatic rings. The maximum Gasteiger partial charge on any atom is 0.226 e. The van der Waals surface area contributed by atoms with Crippen LogP contribution in [0.3, 0.4) is 0 Å². The lowest BCUT2D eigenvalue weighted by molar-refractivity contribution is -0.130. The van der Waals surface area contributed by atoms with Gasteiger partial charge in [0.1, 0.15) is 12.4 Å². The van der Waals surface area contributed by atoms with E-state index >= 15 is 0 Å². The molecule has 0 aliphatic heterocycles. The van der Waals surface area contributed by atoms with Gasteiger partial charge in [-0.3, -0.25) is 9.59 Å². The number of amides is 2. The van der Waals surface area contributed by atoms with Crippen LogP contribution in [0.5, 0.6) is 5.75 Å². The number of para-hydroxylation sites is 1. The molecule has 0 saturated heterocycles. The van der Waals surface area contributed by atoms with Crippen molar-refractivity contribution in [1.29, 1.82) is 0 Å². The molecule has 2 aromatic rings. The molecule has 150 valence electrons. The Morgan fingerprint density at radius 1 is 1.00 bits per heavy atom. The van der Waals surface area contributed by atoms with Gasteiger partial charge in [-0.15, -0.1) is 0 Å². The predicted octanol–water partition coefficient (Wildman–Crippen LogP) is 3.87. The van der Waals surface area contributed by atoms with E-state index in [0.717, 1.165) is 17.7 Å². The van der Waals surface area contributed by atoms with Crippen molar-refractivity contribution < 1.29 is 14.3 Å². The quantitative estimate of drug-likeness (QED) is 0.613. The molecule has 2 aromatic carbocycles. The van der Waals surface area contributed by atoms with Crippen LogP contribution in [0, 0.1) is 5.41 Å². The van der Waals surface area contributed by atoms with E-state index in [1.54, 1.807) is 0 Å². The highest BCUT2D eigenvalue weighted by Gasteiger charge is 2.28. The van der Waals surface area contributed by atoms with E-state index in [0.29, 0.717) is 13.2 Å². The Labute approximate surface area is 167 Å². The minimum atomic E-state index is -0.479. The molecule has 0 heterocycles. The van der Waals surface area contributed by atoms with Crippen LogP contribution >= 0.6 is 0 Å². The molecule has 0 bridgehead atoms. The first-order valence-corrected chi connectivity index (χ1v) is 9.73. The highest BCUT2D eigenvalue weighted by molar-refractivity contribution is 5.83. The largest absolute Gasteiger partial charge is 0.492 e. The molecule has 0 aliphatic carbocycles. The Bertz CT molecular complexity index is 745. The van der Waals surface area contributed by atoms with Gasteiger partial charge in [-0.2, -0.15) is 0 Å². The third-order valence-corrected chi connectivity index (χ3v) is 4.83. The van der Waals surface area contributed by atoms with Crippen LogP contribution in [0.1, 0.15) is 45.2 Å². The van der Waals surface area contributed by atoms with Gasteiger partial charge in [-0.1, -0.05) is 69.3 Å². The molecule has 2 rings (SSSR count). The van der Waals surface area contributed by atoms with Crippen LogP contribution in [-0.2, 0) is 9.59 Å². The molecule has 0 saturated carbocycles. The van der Waals surface area contributed by atoms with Gasteiger partial charge in [0, 0.05) is 5.41 Å². The Morgan fingerprint density at radius 3 is 2.21 bits per heavy atom. The van der Waals surface area contributed by atoms with Crippen LogP contribution in [-0.4, -0.2) is 25.0 Å². The van der Waals surface area contributed by atoms with E-state index in [1.165, 1.54) is 0 Å². The summed E-state index contributed by atoms with van der Waals surface area (Å²) in [5.74, 6) is 0.595. The predicted molar refractivity (Wildman–Crippen MR) is 111 cm³/mol. The van der Waals surface area contributed by atoms with Gasteiger partial charge in [0.05, 0.1) is 19.0 Å². The van der Waals surface area contributed by atoms with Gasteiger partial charge in [0.2, 0.25) is 11.8 Å². The molecule has 2 N–H and O–H groups in total. The van der Waals surface area contributed by atoms with Gasteiger partial charge < -0.3 is 15.4 Å². The molecule has 5 heteroatoms. The molecular weight excluding hydrogens is 352 g/mol. The number of hydrogen-bond donors (Lipinski definition) is 2. The normalized spacial score (nSPS) is 12.1. The van der Waals surface area contributed by atoms with E-state index in [9.17, 15) is 9.59 Å². The van der Waals surface area contributed by atoms with Gasteiger partial charge in [-0.25, -0.2) is 0 Å². The lowest BCUT2D eigenvalue weighted by Gasteiger charge is -2.26. The third kappa shape index (κ3) is 6.72. The topological polar surface area (TPSA) is 67.4 Å². The van der Waals surface area contributed by atoms with E-state index in [-0.39, 0.29) is 24.3 Å². The standard InChI is InChI=1S/C23H30N2O3/c1-4-23(2,3)22(27)25-20(18-11-7-5-8-12-18)17-21(26)24-15-16-28-19-13-9-6-10-14-19/h5-14,20H,4,15-17H2,1-3H3,(H,24,26)(H,25,27). The van der Waals surface area contributed by atoms with Gasteiger partial charge in [-0.05, 0) is 24.1 Å². The number of rotatable bonds is 10. The number of hydrogen-bond acceptors (Lipinski definition) is 3. The second kappa shape index (κ2) is 10.5. The molecule has 0 aromatic heterocycles. The zero-order valence-corrected chi connectivity index (χ0v) is 16.9. The van der Waals surface area contributed by atoms with E-state index in [1.807, 2.05) is 81.4 Å². The van der Waals surface area contributed by atoms with Crippen LogP contribution in [0.15, 0.2) is 60.7 Å². The van der Waals surface area contributed by atoms with Crippen molar-refractivity contribution in [1.82, 2.24) is 10.6 Å². The summed E-state index contributed by atoms with van der Waals surface area (Å²) >= 11 is 0. The summed E-state index contributed by atoms with van der Waals surface area (Å²) in [7, 11) is 0. The first kappa shape index (κ1) is 21.5. The van der Waals surface area contributed by atoms with Crippen molar-refractivity contribution in [2.75, 3.05) is 13.2 Å². The van der Waals surface area contributed by atoms with Crippen LogP contribution < -0.4 is 15.4 Å². The van der Waals surface area contributed by atoms with E-state index in [2.05, 4.69) is 10.6 Å². The Hall–Kier alpha value is -2.82. The summed E-state index contributed by atoms with van der Waals surface area (Å²) in [5, 5.41) is 5.90. The fourth-order valence-electron chi connectivity index (χ4n) is 2.59. The van der Waals surface area contributed by atoms with Crippen molar-refractivity contribution in [3.05, 3.63) is 66.2 Å². The number of nitrogens with one attached hydrogen (secondary N) is 2. The zero-order valence-electron chi connectivity index (χ0n) is 16.9. The second-order valence-corrected chi connectivity index (χ2v) is 7.39. The maximum absolute atomic E-state index is 12.6. The van der Waals surface area contributed by atoms with Crippen molar-refractivity contribution in [3.63, 3.8) is 0 Å². The molecule has 0 fully saturated rings. The zero-order chi connectivity index (χ0) is 20.4. The SMILES string of the molecule is CCC(C)(C)C(=O)NC(CC(=O)NCCOc1ccccc1)c1ccccc1. The highest BCUT2D eigenvalue weighted by atomic mass is 16.5. The summed E-state index contributed by atoms with van der Waals surface area (Å²) in [6.45, 7) is 6.60. The highest BCUT2D eigenvalue weighted by Crippen LogP contribution is 2.23.